The van der Waals surface area contributed by atoms with Crippen LogP contribution in [0.1, 0.15) is 46.9 Å². The van der Waals surface area contributed by atoms with Crippen molar-refractivity contribution < 1.29 is 9.59 Å². The lowest BCUT2D eigenvalue weighted by atomic mass is 9.99. The molecule has 1 aliphatic heterocycles. The van der Waals surface area contributed by atoms with Crippen LogP contribution in [0.25, 0.3) is 10.4 Å². The largest absolute Gasteiger partial charge is 0.341 e. The van der Waals surface area contributed by atoms with Gasteiger partial charge in [-0.05, 0) is 55.9 Å². The van der Waals surface area contributed by atoms with Gasteiger partial charge in [-0.25, -0.2) is 9.78 Å². The Morgan fingerprint density at radius 2 is 2.18 bits per heavy atom. The standard InChI is InChI=1S/C20H21N5O2S/c1-10-17(28-20(23-10)24-19(27)22-3)13-6-14(8-21)16-15(7-13)9-25(18(16)26)11(2)12-4-5-12/h6-7,11-12H,4-5,9H2,1-3H3,(H2,22,23,24,27)/t11-/m0/s1. The van der Waals surface area contributed by atoms with Gasteiger partial charge < -0.3 is 10.2 Å². The van der Waals surface area contributed by atoms with Gasteiger partial charge in [-0.1, -0.05) is 11.3 Å². The monoisotopic (exact) mass is 395 g/mol. The molecule has 1 fully saturated rings. The van der Waals surface area contributed by atoms with E-state index in [1.165, 1.54) is 24.2 Å². The predicted molar refractivity (Wildman–Crippen MR) is 107 cm³/mol. The number of aromatic nitrogens is 1. The van der Waals surface area contributed by atoms with Gasteiger partial charge in [0, 0.05) is 19.6 Å². The van der Waals surface area contributed by atoms with Crippen molar-refractivity contribution in [1.29, 1.82) is 5.26 Å². The summed E-state index contributed by atoms with van der Waals surface area (Å²) in [5, 5.41) is 15.3. The van der Waals surface area contributed by atoms with Crippen LogP contribution < -0.4 is 10.6 Å². The van der Waals surface area contributed by atoms with E-state index >= 15 is 0 Å². The van der Waals surface area contributed by atoms with Gasteiger partial charge in [0.1, 0.15) is 0 Å². The van der Waals surface area contributed by atoms with Crippen molar-refractivity contribution in [1.82, 2.24) is 15.2 Å². The number of aryl methyl sites for hydroxylation is 1. The molecule has 1 saturated carbocycles. The quantitative estimate of drug-likeness (QED) is 0.828. The Labute approximate surface area is 167 Å². The lowest BCUT2D eigenvalue weighted by molar-refractivity contribution is 0.0697. The topological polar surface area (TPSA) is 98.1 Å². The molecule has 144 valence electrons. The summed E-state index contributed by atoms with van der Waals surface area (Å²) in [7, 11) is 1.54. The number of carbonyl (C=O) groups is 2. The van der Waals surface area contributed by atoms with Crippen LogP contribution in [0.5, 0.6) is 0 Å². The number of anilines is 1. The summed E-state index contributed by atoms with van der Waals surface area (Å²) in [5.41, 5.74) is 3.44. The van der Waals surface area contributed by atoms with Gasteiger partial charge in [-0.15, -0.1) is 0 Å². The fourth-order valence-electron chi connectivity index (χ4n) is 3.74. The van der Waals surface area contributed by atoms with E-state index in [1.54, 1.807) is 13.1 Å². The number of benzene rings is 1. The SMILES string of the molecule is CNC(=O)Nc1nc(C)c(-c2cc(C#N)c3c(c2)CN([C@@H](C)C2CC2)C3=O)s1. The van der Waals surface area contributed by atoms with Crippen molar-refractivity contribution >= 4 is 28.4 Å². The second kappa shape index (κ2) is 6.91. The van der Waals surface area contributed by atoms with Crippen molar-refractivity contribution in [2.24, 2.45) is 5.92 Å². The van der Waals surface area contributed by atoms with Gasteiger partial charge in [-0.2, -0.15) is 5.26 Å². The van der Waals surface area contributed by atoms with Gasteiger partial charge in [0.25, 0.3) is 5.91 Å². The molecule has 0 radical (unpaired) electrons. The molecule has 1 aliphatic carbocycles. The average molecular weight is 395 g/mol. The second-order valence-corrected chi connectivity index (χ2v) is 8.32. The molecule has 2 N–H and O–H groups in total. The van der Waals surface area contributed by atoms with E-state index in [0.717, 1.165) is 21.7 Å². The van der Waals surface area contributed by atoms with Crippen molar-refractivity contribution in [2.75, 3.05) is 12.4 Å². The zero-order chi connectivity index (χ0) is 20.0. The fourth-order valence-corrected chi connectivity index (χ4v) is 4.69. The molecule has 3 amide bonds. The van der Waals surface area contributed by atoms with Gasteiger partial charge in [-0.3, -0.25) is 10.1 Å². The average Bonchev–Trinajstić information content (AvgIpc) is 3.40. The van der Waals surface area contributed by atoms with Crippen LogP contribution in [0.2, 0.25) is 0 Å². The van der Waals surface area contributed by atoms with Gasteiger partial charge in [0.05, 0.1) is 27.8 Å². The summed E-state index contributed by atoms with van der Waals surface area (Å²) in [6.07, 6.45) is 2.33. The Hall–Kier alpha value is -2.92. The highest BCUT2D eigenvalue weighted by molar-refractivity contribution is 7.19. The minimum atomic E-state index is -0.331. The molecule has 1 aromatic carbocycles. The first-order valence-corrected chi connectivity index (χ1v) is 10.1. The fraction of sp³-hybridized carbons (Fsp3) is 0.400. The number of rotatable bonds is 4. The molecule has 2 heterocycles. The lowest BCUT2D eigenvalue weighted by Crippen LogP contribution is -2.34. The van der Waals surface area contributed by atoms with Crippen LogP contribution in [0.15, 0.2) is 12.1 Å². The van der Waals surface area contributed by atoms with Gasteiger partial charge in [0.15, 0.2) is 5.13 Å². The van der Waals surface area contributed by atoms with Gasteiger partial charge >= 0.3 is 6.03 Å². The maximum absolute atomic E-state index is 12.9. The number of amides is 3. The number of urea groups is 1. The number of nitriles is 1. The maximum atomic E-state index is 12.9. The lowest BCUT2D eigenvalue weighted by Gasteiger charge is -2.23. The van der Waals surface area contributed by atoms with Crippen LogP contribution in [-0.4, -0.2) is 34.9 Å². The minimum Gasteiger partial charge on any atom is -0.341 e. The van der Waals surface area contributed by atoms with Crippen molar-refractivity contribution in [3.8, 4) is 16.5 Å². The molecule has 2 aromatic rings. The van der Waals surface area contributed by atoms with Crippen LogP contribution in [0.3, 0.4) is 0 Å². The highest BCUT2D eigenvalue weighted by atomic mass is 32.1. The van der Waals surface area contributed by atoms with E-state index in [1.807, 2.05) is 17.9 Å². The first-order valence-electron chi connectivity index (χ1n) is 9.27. The Balaban J connectivity index is 1.71. The molecule has 0 unspecified atom stereocenters. The van der Waals surface area contributed by atoms with Crippen LogP contribution in [-0.2, 0) is 6.54 Å². The first kappa shape index (κ1) is 18.4. The number of nitrogens with one attached hydrogen (secondary N) is 2. The predicted octanol–water partition coefficient (Wildman–Crippen LogP) is 3.50. The number of hydrogen-bond donors (Lipinski definition) is 2. The van der Waals surface area contributed by atoms with E-state index in [0.29, 0.717) is 28.7 Å². The summed E-state index contributed by atoms with van der Waals surface area (Å²) in [4.78, 5) is 31.7. The molecule has 8 heteroatoms. The molecule has 28 heavy (non-hydrogen) atoms. The molecular formula is C20H21N5O2S. The zero-order valence-electron chi connectivity index (χ0n) is 16.0. The van der Waals surface area contributed by atoms with Crippen LogP contribution in [0.4, 0.5) is 9.93 Å². The number of hydrogen-bond acceptors (Lipinski definition) is 5. The Morgan fingerprint density at radius 1 is 1.43 bits per heavy atom. The third kappa shape index (κ3) is 3.12. The summed E-state index contributed by atoms with van der Waals surface area (Å²) in [6.45, 7) is 4.50. The molecule has 2 aliphatic rings. The van der Waals surface area contributed by atoms with Crippen molar-refractivity contribution in [3.05, 3.63) is 34.5 Å². The Bertz CT molecular complexity index is 1020. The Morgan fingerprint density at radius 3 is 2.82 bits per heavy atom. The molecule has 0 saturated heterocycles. The third-order valence-corrected chi connectivity index (χ3v) is 6.58. The van der Waals surface area contributed by atoms with Crippen LogP contribution in [0, 0.1) is 24.2 Å². The molecule has 1 aromatic heterocycles. The summed E-state index contributed by atoms with van der Waals surface area (Å²) in [5.74, 6) is 0.533. The third-order valence-electron chi connectivity index (χ3n) is 5.46. The summed E-state index contributed by atoms with van der Waals surface area (Å²) < 4.78 is 0. The summed E-state index contributed by atoms with van der Waals surface area (Å²) in [6, 6.07) is 5.80. The number of fused-ring (bicyclic) bond motifs is 1. The number of nitrogens with zero attached hydrogens (tertiary/aromatic N) is 3. The van der Waals surface area contributed by atoms with E-state index in [9.17, 15) is 14.9 Å². The van der Waals surface area contributed by atoms with Crippen molar-refractivity contribution in [2.45, 2.75) is 39.3 Å². The van der Waals surface area contributed by atoms with Gasteiger partial charge in [0.2, 0.25) is 0 Å². The number of thiazole rings is 1. The molecular weight excluding hydrogens is 374 g/mol. The van der Waals surface area contributed by atoms with E-state index in [-0.39, 0.29) is 18.0 Å². The second-order valence-electron chi connectivity index (χ2n) is 7.32. The van der Waals surface area contributed by atoms with E-state index < -0.39 is 0 Å². The van der Waals surface area contributed by atoms with E-state index in [2.05, 4.69) is 28.6 Å². The minimum absolute atomic E-state index is 0.0412. The smallest absolute Gasteiger partial charge is 0.320 e. The molecule has 4 rings (SSSR count). The normalized spacial score (nSPS) is 16.5. The summed E-state index contributed by atoms with van der Waals surface area (Å²) >= 11 is 1.35. The molecule has 0 spiro atoms. The highest BCUT2D eigenvalue weighted by Crippen LogP contribution is 2.41. The maximum Gasteiger partial charge on any atom is 0.320 e. The highest BCUT2D eigenvalue weighted by Gasteiger charge is 2.39. The van der Waals surface area contributed by atoms with Crippen molar-refractivity contribution in [3.63, 3.8) is 0 Å². The van der Waals surface area contributed by atoms with E-state index in [4.69, 9.17) is 0 Å². The molecule has 7 nitrogen and oxygen atoms in total. The molecule has 0 bridgehead atoms. The molecule has 1 atom stereocenters. The zero-order valence-corrected chi connectivity index (χ0v) is 16.8. The Kier molecular flexibility index (Phi) is 4.55. The first-order chi connectivity index (χ1) is 13.4. The number of carbonyl (C=O) groups excluding carboxylic acids is 2. The van der Waals surface area contributed by atoms with Crippen LogP contribution >= 0.6 is 11.3 Å².